The van der Waals surface area contributed by atoms with Crippen LogP contribution in [0.5, 0.6) is 5.75 Å². The maximum Gasteiger partial charge on any atom is 0.255 e. The number of benzene rings is 3. The highest BCUT2D eigenvalue weighted by molar-refractivity contribution is 8.00. The molecule has 1 N–H and O–H groups in total. The van der Waals surface area contributed by atoms with E-state index < -0.39 is 0 Å². The third-order valence-electron chi connectivity index (χ3n) is 5.04. The van der Waals surface area contributed by atoms with Crippen molar-refractivity contribution >= 4 is 35.0 Å². The quantitative estimate of drug-likeness (QED) is 0.565. The average Bonchev–Trinajstić information content (AvgIpc) is 3.16. The molecule has 158 valence electrons. The number of rotatable bonds is 6. The van der Waals surface area contributed by atoms with Gasteiger partial charge in [0, 0.05) is 16.9 Å². The highest BCUT2D eigenvalue weighted by Gasteiger charge is 2.34. The van der Waals surface area contributed by atoms with E-state index in [1.54, 1.807) is 16.7 Å². The Balaban J connectivity index is 1.55. The highest BCUT2D eigenvalue weighted by Crippen LogP contribution is 2.42. The van der Waals surface area contributed by atoms with Crippen LogP contribution in [-0.4, -0.2) is 24.2 Å². The number of hydrogen-bond donors (Lipinski definition) is 1. The molecule has 1 aliphatic rings. The summed E-state index contributed by atoms with van der Waals surface area (Å²) in [7, 11) is 0. The molecular weight excluding hydrogens is 408 g/mol. The van der Waals surface area contributed by atoms with Crippen molar-refractivity contribution in [1.29, 1.82) is 0 Å². The number of aryl methyl sites for hydroxylation is 1. The number of amides is 2. The van der Waals surface area contributed by atoms with Crippen LogP contribution in [0, 0.1) is 6.92 Å². The number of nitrogens with zero attached hydrogens (tertiary/aromatic N) is 1. The standard InChI is InChI=1S/C25H24N2O3S/c1-3-30-22-13-11-21(12-14-22)27-23(28)16-31-25(27)19-5-4-6-20(15-19)26-24(29)18-9-7-17(2)8-10-18/h4-15,25H,3,16H2,1-2H3,(H,26,29)/t25-/m0/s1. The fourth-order valence-electron chi connectivity index (χ4n) is 3.50. The zero-order valence-electron chi connectivity index (χ0n) is 17.5. The lowest BCUT2D eigenvalue weighted by Gasteiger charge is -2.25. The van der Waals surface area contributed by atoms with Gasteiger partial charge in [-0.15, -0.1) is 11.8 Å². The van der Waals surface area contributed by atoms with Gasteiger partial charge in [0.05, 0.1) is 12.4 Å². The van der Waals surface area contributed by atoms with Gasteiger partial charge in [0.2, 0.25) is 5.91 Å². The smallest absolute Gasteiger partial charge is 0.255 e. The number of thioether (sulfide) groups is 1. The molecular formula is C25H24N2O3S. The second-order valence-corrected chi connectivity index (χ2v) is 8.37. The first-order valence-corrected chi connectivity index (χ1v) is 11.2. The predicted octanol–water partition coefficient (Wildman–Crippen LogP) is 5.42. The van der Waals surface area contributed by atoms with Crippen molar-refractivity contribution in [2.75, 3.05) is 22.6 Å². The summed E-state index contributed by atoms with van der Waals surface area (Å²) in [5.74, 6) is 1.10. The molecule has 2 amide bonds. The maximum absolute atomic E-state index is 12.6. The molecule has 0 unspecified atom stereocenters. The van der Waals surface area contributed by atoms with Crippen LogP contribution in [0.2, 0.25) is 0 Å². The fraction of sp³-hybridized carbons (Fsp3) is 0.200. The number of nitrogens with one attached hydrogen (secondary N) is 1. The SMILES string of the molecule is CCOc1ccc(N2C(=O)CS[C@H]2c2cccc(NC(=O)c3ccc(C)cc3)c2)cc1. The average molecular weight is 433 g/mol. The molecule has 1 fully saturated rings. The first kappa shape index (κ1) is 21.0. The predicted molar refractivity (Wildman–Crippen MR) is 126 cm³/mol. The fourth-order valence-corrected chi connectivity index (χ4v) is 4.66. The van der Waals surface area contributed by atoms with Crippen LogP contribution in [-0.2, 0) is 4.79 Å². The first-order valence-electron chi connectivity index (χ1n) is 10.2. The van der Waals surface area contributed by atoms with Gasteiger partial charge < -0.3 is 10.1 Å². The number of carbonyl (C=O) groups excluding carboxylic acids is 2. The molecule has 31 heavy (non-hydrogen) atoms. The molecule has 0 aliphatic carbocycles. The van der Waals surface area contributed by atoms with Crippen molar-refractivity contribution in [3.63, 3.8) is 0 Å². The van der Waals surface area contributed by atoms with Crippen molar-refractivity contribution in [2.45, 2.75) is 19.2 Å². The molecule has 5 nitrogen and oxygen atoms in total. The van der Waals surface area contributed by atoms with E-state index in [1.807, 2.05) is 86.6 Å². The summed E-state index contributed by atoms with van der Waals surface area (Å²) >= 11 is 1.58. The largest absolute Gasteiger partial charge is 0.494 e. The van der Waals surface area contributed by atoms with Crippen molar-refractivity contribution in [3.05, 3.63) is 89.5 Å². The minimum atomic E-state index is -0.157. The monoisotopic (exact) mass is 432 g/mol. The number of ether oxygens (including phenoxy) is 1. The summed E-state index contributed by atoms with van der Waals surface area (Å²) < 4.78 is 5.51. The van der Waals surface area contributed by atoms with Gasteiger partial charge in [-0.3, -0.25) is 14.5 Å². The van der Waals surface area contributed by atoms with Crippen LogP contribution < -0.4 is 15.0 Å². The van der Waals surface area contributed by atoms with Gasteiger partial charge in [0.15, 0.2) is 0 Å². The van der Waals surface area contributed by atoms with E-state index in [-0.39, 0.29) is 17.2 Å². The molecule has 1 aliphatic heterocycles. The summed E-state index contributed by atoms with van der Waals surface area (Å²) in [6.45, 7) is 4.53. The van der Waals surface area contributed by atoms with E-state index in [4.69, 9.17) is 4.74 Å². The Morgan fingerprint density at radius 2 is 1.84 bits per heavy atom. The molecule has 0 aromatic heterocycles. The normalized spacial score (nSPS) is 15.7. The summed E-state index contributed by atoms with van der Waals surface area (Å²) in [6, 6.07) is 22.7. The molecule has 3 aromatic rings. The van der Waals surface area contributed by atoms with Gasteiger partial charge in [0.1, 0.15) is 11.1 Å². The number of carbonyl (C=O) groups is 2. The van der Waals surface area contributed by atoms with Crippen LogP contribution in [0.15, 0.2) is 72.8 Å². The van der Waals surface area contributed by atoms with E-state index in [2.05, 4.69) is 5.32 Å². The van der Waals surface area contributed by atoms with Gasteiger partial charge in [-0.05, 0) is 67.9 Å². The summed E-state index contributed by atoms with van der Waals surface area (Å²) in [4.78, 5) is 27.0. The van der Waals surface area contributed by atoms with Crippen LogP contribution in [0.1, 0.15) is 33.8 Å². The summed E-state index contributed by atoms with van der Waals surface area (Å²) in [5, 5.41) is 2.81. The van der Waals surface area contributed by atoms with Crippen LogP contribution in [0.25, 0.3) is 0 Å². The maximum atomic E-state index is 12.6. The minimum Gasteiger partial charge on any atom is -0.494 e. The molecule has 4 rings (SSSR count). The van der Waals surface area contributed by atoms with E-state index in [0.717, 1.165) is 22.6 Å². The third-order valence-corrected chi connectivity index (χ3v) is 6.25. The van der Waals surface area contributed by atoms with Gasteiger partial charge in [-0.25, -0.2) is 0 Å². The van der Waals surface area contributed by atoms with Crippen LogP contribution in [0.3, 0.4) is 0 Å². The molecule has 1 saturated heterocycles. The third kappa shape index (κ3) is 4.75. The van der Waals surface area contributed by atoms with Crippen LogP contribution in [0.4, 0.5) is 11.4 Å². The second-order valence-electron chi connectivity index (χ2n) is 7.30. The van der Waals surface area contributed by atoms with Gasteiger partial charge in [-0.1, -0.05) is 29.8 Å². The van der Waals surface area contributed by atoms with Crippen LogP contribution >= 0.6 is 11.8 Å². The Bertz CT molecular complexity index is 1080. The lowest BCUT2D eigenvalue weighted by Crippen LogP contribution is -2.27. The van der Waals surface area contributed by atoms with Gasteiger partial charge in [-0.2, -0.15) is 0 Å². The lowest BCUT2D eigenvalue weighted by molar-refractivity contribution is -0.115. The Hall–Kier alpha value is -3.25. The molecule has 0 bridgehead atoms. The Labute approximate surface area is 186 Å². The molecule has 0 saturated carbocycles. The molecule has 6 heteroatoms. The first-order chi connectivity index (χ1) is 15.0. The molecule has 3 aromatic carbocycles. The van der Waals surface area contributed by atoms with E-state index in [1.165, 1.54) is 0 Å². The van der Waals surface area contributed by atoms with E-state index >= 15 is 0 Å². The zero-order chi connectivity index (χ0) is 21.8. The van der Waals surface area contributed by atoms with Crippen molar-refractivity contribution in [2.24, 2.45) is 0 Å². The van der Waals surface area contributed by atoms with Crippen molar-refractivity contribution < 1.29 is 14.3 Å². The van der Waals surface area contributed by atoms with E-state index in [9.17, 15) is 9.59 Å². The number of hydrogen-bond acceptors (Lipinski definition) is 4. The van der Waals surface area contributed by atoms with Gasteiger partial charge in [0.25, 0.3) is 5.91 Å². The minimum absolute atomic E-state index is 0.0632. The highest BCUT2D eigenvalue weighted by atomic mass is 32.2. The van der Waals surface area contributed by atoms with E-state index in [0.29, 0.717) is 23.6 Å². The Morgan fingerprint density at radius 1 is 1.10 bits per heavy atom. The summed E-state index contributed by atoms with van der Waals surface area (Å²) in [5.41, 5.74) is 4.21. The summed E-state index contributed by atoms with van der Waals surface area (Å²) in [6.07, 6.45) is 0. The molecule has 1 atom stereocenters. The molecule has 0 radical (unpaired) electrons. The lowest BCUT2D eigenvalue weighted by atomic mass is 10.1. The van der Waals surface area contributed by atoms with Gasteiger partial charge >= 0.3 is 0 Å². The second kappa shape index (κ2) is 9.27. The molecule has 0 spiro atoms. The topological polar surface area (TPSA) is 58.6 Å². The Morgan fingerprint density at radius 3 is 2.55 bits per heavy atom. The van der Waals surface area contributed by atoms with Crippen molar-refractivity contribution in [1.82, 2.24) is 0 Å². The molecule has 1 heterocycles. The van der Waals surface area contributed by atoms with Crippen molar-refractivity contribution in [3.8, 4) is 5.75 Å². The zero-order valence-corrected chi connectivity index (χ0v) is 18.3. The number of anilines is 2. The Kier molecular flexibility index (Phi) is 6.28.